The van der Waals surface area contributed by atoms with Crippen molar-refractivity contribution in [3.8, 4) is 0 Å². The second kappa shape index (κ2) is 9.58. The lowest BCUT2D eigenvalue weighted by molar-refractivity contribution is -0.137. The average molecular weight is 287 g/mol. The van der Waals surface area contributed by atoms with Gasteiger partial charge in [0.1, 0.15) is 0 Å². The van der Waals surface area contributed by atoms with Crippen LogP contribution in [-0.2, 0) is 4.79 Å². The van der Waals surface area contributed by atoms with Crippen molar-refractivity contribution in [2.24, 2.45) is 5.73 Å². The molecule has 0 radical (unpaired) electrons. The molecule has 1 rings (SSSR count). The molecule has 1 heterocycles. The molecule has 2 amide bonds. The standard InChI is InChI=1S/C9H19NO2.C5H10N2O/c1-7(2)10(8(3)4)6-5-9(11)12;6-5(8)7-3-1-2-4-7/h7-8H,5-6H2,1-4H3,(H,11,12);1-4H2,(H2,6,8). The molecule has 0 bridgehead atoms. The quantitative estimate of drug-likeness (QED) is 0.806. The number of rotatable bonds is 5. The minimum atomic E-state index is -0.721. The summed E-state index contributed by atoms with van der Waals surface area (Å²) < 4.78 is 0. The highest BCUT2D eigenvalue weighted by atomic mass is 16.4. The van der Waals surface area contributed by atoms with E-state index in [1.165, 1.54) is 0 Å². The van der Waals surface area contributed by atoms with Crippen molar-refractivity contribution >= 4 is 12.0 Å². The van der Waals surface area contributed by atoms with E-state index in [4.69, 9.17) is 10.8 Å². The van der Waals surface area contributed by atoms with Gasteiger partial charge in [0, 0.05) is 31.7 Å². The molecule has 1 fully saturated rings. The number of nitrogens with two attached hydrogens (primary N) is 1. The van der Waals surface area contributed by atoms with Gasteiger partial charge in [-0.25, -0.2) is 4.79 Å². The highest BCUT2D eigenvalue weighted by Crippen LogP contribution is 2.05. The van der Waals surface area contributed by atoms with Crippen molar-refractivity contribution in [3.63, 3.8) is 0 Å². The van der Waals surface area contributed by atoms with Gasteiger partial charge in [0.15, 0.2) is 0 Å². The van der Waals surface area contributed by atoms with E-state index >= 15 is 0 Å². The van der Waals surface area contributed by atoms with E-state index in [9.17, 15) is 9.59 Å². The number of hydrogen-bond acceptors (Lipinski definition) is 3. The predicted molar refractivity (Wildman–Crippen MR) is 79.6 cm³/mol. The Morgan fingerprint density at radius 1 is 1.15 bits per heavy atom. The molecule has 1 aliphatic heterocycles. The highest BCUT2D eigenvalue weighted by Gasteiger charge is 2.14. The Morgan fingerprint density at radius 2 is 1.60 bits per heavy atom. The molecule has 0 unspecified atom stereocenters. The van der Waals surface area contributed by atoms with E-state index in [-0.39, 0.29) is 12.5 Å². The van der Waals surface area contributed by atoms with Gasteiger partial charge in [-0.3, -0.25) is 9.69 Å². The van der Waals surface area contributed by atoms with Crippen LogP contribution in [0.25, 0.3) is 0 Å². The lowest BCUT2D eigenvalue weighted by Crippen LogP contribution is -2.38. The predicted octanol–water partition coefficient (Wildman–Crippen LogP) is 1.74. The molecule has 0 atom stereocenters. The number of aliphatic carboxylic acids is 1. The summed E-state index contributed by atoms with van der Waals surface area (Å²) in [7, 11) is 0. The van der Waals surface area contributed by atoms with Gasteiger partial charge in [-0.2, -0.15) is 0 Å². The largest absolute Gasteiger partial charge is 0.481 e. The van der Waals surface area contributed by atoms with Crippen molar-refractivity contribution in [3.05, 3.63) is 0 Å². The Balaban J connectivity index is 0.000000388. The second-order valence-electron chi connectivity index (χ2n) is 5.60. The first-order valence-corrected chi connectivity index (χ1v) is 7.27. The van der Waals surface area contributed by atoms with E-state index in [1.54, 1.807) is 4.90 Å². The zero-order valence-electron chi connectivity index (χ0n) is 13.1. The van der Waals surface area contributed by atoms with Crippen molar-refractivity contribution in [1.29, 1.82) is 0 Å². The van der Waals surface area contributed by atoms with Crippen LogP contribution in [-0.4, -0.2) is 58.6 Å². The maximum atomic E-state index is 10.3. The fraction of sp³-hybridized carbons (Fsp3) is 0.857. The third-order valence-electron chi connectivity index (χ3n) is 3.33. The number of urea groups is 1. The summed E-state index contributed by atoms with van der Waals surface area (Å²) in [6, 6.07) is 0.566. The van der Waals surface area contributed by atoms with Crippen molar-refractivity contribution < 1.29 is 14.7 Å². The molecular formula is C14H29N3O3. The SMILES string of the molecule is CC(C)N(CCC(=O)O)C(C)C.NC(=O)N1CCCC1. The molecule has 1 aliphatic rings. The van der Waals surface area contributed by atoms with Crippen LogP contribution < -0.4 is 5.73 Å². The molecule has 3 N–H and O–H groups in total. The first-order chi connectivity index (χ1) is 9.25. The van der Waals surface area contributed by atoms with Gasteiger partial charge in [-0.05, 0) is 40.5 Å². The minimum Gasteiger partial charge on any atom is -0.481 e. The molecule has 6 heteroatoms. The first kappa shape index (κ1) is 18.7. The smallest absolute Gasteiger partial charge is 0.314 e. The van der Waals surface area contributed by atoms with Gasteiger partial charge >= 0.3 is 12.0 Å². The lowest BCUT2D eigenvalue weighted by atomic mass is 10.2. The van der Waals surface area contributed by atoms with E-state index in [0.29, 0.717) is 18.6 Å². The zero-order valence-corrected chi connectivity index (χ0v) is 13.1. The molecule has 0 aliphatic carbocycles. The molecular weight excluding hydrogens is 258 g/mol. The number of amides is 2. The topological polar surface area (TPSA) is 86.9 Å². The maximum Gasteiger partial charge on any atom is 0.314 e. The fourth-order valence-corrected chi connectivity index (χ4v) is 2.27. The number of nitrogens with zero attached hydrogens (tertiary/aromatic N) is 2. The van der Waals surface area contributed by atoms with Gasteiger partial charge in [0.25, 0.3) is 0 Å². The second-order valence-corrected chi connectivity index (χ2v) is 5.60. The van der Waals surface area contributed by atoms with Crippen LogP contribution >= 0.6 is 0 Å². The molecule has 0 aromatic carbocycles. The summed E-state index contributed by atoms with van der Waals surface area (Å²) in [4.78, 5) is 24.5. The monoisotopic (exact) mass is 287 g/mol. The number of primary amides is 1. The highest BCUT2D eigenvalue weighted by molar-refractivity contribution is 5.72. The molecule has 20 heavy (non-hydrogen) atoms. The van der Waals surface area contributed by atoms with E-state index in [2.05, 4.69) is 32.6 Å². The molecule has 0 saturated carbocycles. The summed E-state index contributed by atoms with van der Waals surface area (Å²) >= 11 is 0. The van der Waals surface area contributed by atoms with Gasteiger partial charge in [0.05, 0.1) is 6.42 Å². The molecule has 0 spiro atoms. The fourth-order valence-electron chi connectivity index (χ4n) is 2.27. The number of likely N-dealkylation sites (tertiary alicyclic amines) is 1. The third-order valence-corrected chi connectivity index (χ3v) is 3.33. The van der Waals surface area contributed by atoms with Gasteiger partial charge in [0.2, 0.25) is 0 Å². The first-order valence-electron chi connectivity index (χ1n) is 7.27. The molecule has 0 aromatic rings. The number of carboxylic acid groups (broad SMARTS) is 1. The van der Waals surface area contributed by atoms with Crippen LogP contribution in [0.4, 0.5) is 4.79 Å². The summed E-state index contributed by atoms with van der Waals surface area (Å²) in [6.07, 6.45) is 2.46. The van der Waals surface area contributed by atoms with E-state index < -0.39 is 5.97 Å². The van der Waals surface area contributed by atoms with E-state index in [0.717, 1.165) is 25.9 Å². The Kier molecular flexibility index (Phi) is 8.96. The Bertz CT molecular complexity index is 292. The molecule has 6 nitrogen and oxygen atoms in total. The van der Waals surface area contributed by atoms with Crippen molar-refractivity contribution in [1.82, 2.24) is 9.80 Å². The molecule has 0 aromatic heterocycles. The zero-order chi connectivity index (χ0) is 15.7. The van der Waals surface area contributed by atoms with Gasteiger partial charge < -0.3 is 15.7 Å². The van der Waals surface area contributed by atoms with Crippen LogP contribution in [0, 0.1) is 0 Å². The van der Waals surface area contributed by atoms with Crippen molar-refractivity contribution in [2.75, 3.05) is 19.6 Å². The Morgan fingerprint density at radius 3 is 1.85 bits per heavy atom. The number of hydrogen-bond donors (Lipinski definition) is 2. The lowest BCUT2D eigenvalue weighted by Gasteiger charge is -2.29. The maximum absolute atomic E-state index is 10.3. The normalized spacial score (nSPS) is 14.7. The molecule has 1 saturated heterocycles. The summed E-state index contributed by atoms with van der Waals surface area (Å²) in [5, 5.41) is 8.50. The number of carbonyl (C=O) groups is 2. The van der Waals surface area contributed by atoms with Crippen LogP contribution in [0.5, 0.6) is 0 Å². The van der Waals surface area contributed by atoms with Crippen molar-refractivity contribution in [2.45, 2.75) is 59.0 Å². The summed E-state index contributed by atoms with van der Waals surface area (Å²) in [6.45, 7) is 10.7. The minimum absolute atomic E-state index is 0.232. The number of carboxylic acids is 1. The van der Waals surface area contributed by atoms with E-state index in [1.807, 2.05) is 0 Å². The Labute approximate surface area is 121 Å². The number of carbonyl (C=O) groups excluding carboxylic acids is 1. The average Bonchev–Trinajstić information content (AvgIpc) is 2.81. The van der Waals surface area contributed by atoms with Crippen LogP contribution in [0.15, 0.2) is 0 Å². The third kappa shape index (κ3) is 7.99. The van der Waals surface area contributed by atoms with Crippen LogP contribution in [0.3, 0.4) is 0 Å². The molecule has 118 valence electrons. The Hall–Kier alpha value is -1.30. The van der Waals surface area contributed by atoms with Crippen LogP contribution in [0.2, 0.25) is 0 Å². The summed E-state index contributed by atoms with van der Waals surface area (Å²) in [5.74, 6) is -0.721. The van der Waals surface area contributed by atoms with Crippen LogP contribution in [0.1, 0.15) is 47.0 Å². The summed E-state index contributed by atoms with van der Waals surface area (Å²) in [5.41, 5.74) is 4.98. The van der Waals surface area contributed by atoms with Gasteiger partial charge in [-0.1, -0.05) is 0 Å². The van der Waals surface area contributed by atoms with Gasteiger partial charge in [-0.15, -0.1) is 0 Å².